The van der Waals surface area contributed by atoms with Crippen molar-refractivity contribution >= 4 is 40.3 Å². The van der Waals surface area contributed by atoms with Crippen molar-refractivity contribution < 1.29 is 22.7 Å². The largest absolute Gasteiger partial charge is 0.465 e. The molecule has 3 nitrogen and oxygen atoms in total. The average Bonchev–Trinajstić information content (AvgIpc) is 3.11. The Morgan fingerprint density at radius 1 is 0.975 bits per heavy atom. The Labute approximate surface area is 242 Å². The van der Waals surface area contributed by atoms with Crippen molar-refractivity contribution in [2.75, 3.05) is 33.4 Å². The van der Waals surface area contributed by atoms with Gasteiger partial charge in [0.25, 0.3) is 0 Å². The van der Waals surface area contributed by atoms with Crippen molar-refractivity contribution in [2.45, 2.75) is 32.1 Å². The highest BCUT2D eigenvalue weighted by molar-refractivity contribution is 6.36. The molecule has 210 valence electrons. The maximum Gasteiger partial charge on any atom is 0.337 e. The first-order valence-corrected chi connectivity index (χ1v) is 14.2. The molecule has 0 unspecified atom stereocenters. The number of halogens is 5. The van der Waals surface area contributed by atoms with Gasteiger partial charge in [-0.1, -0.05) is 47.5 Å². The number of allylic oxidation sites excluding steroid dienone is 1. The number of esters is 1. The van der Waals surface area contributed by atoms with E-state index in [1.54, 1.807) is 42.5 Å². The third-order valence-electron chi connectivity index (χ3n) is 7.81. The second-order valence-corrected chi connectivity index (χ2v) is 11.3. The lowest BCUT2D eigenvalue weighted by Crippen LogP contribution is -2.48. The van der Waals surface area contributed by atoms with Gasteiger partial charge in [-0.15, -0.1) is 0 Å². The smallest absolute Gasteiger partial charge is 0.337 e. The summed E-state index contributed by atoms with van der Waals surface area (Å²) >= 11 is 12.8. The summed E-state index contributed by atoms with van der Waals surface area (Å²) in [5.41, 5.74) is 4.50. The molecule has 1 aliphatic heterocycles. The van der Waals surface area contributed by atoms with Crippen LogP contribution < -0.4 is 0 Å². The molecule has 0 aromatic heterocycles. The lowest BCUT2D eigenvalue weighted by Gasteiger charge is -2.39. The van der Waals surface area contributed by atoms with E-state index in [2.05, 4.69) is 4.90 Å². The molecule has 0 spiro atoms. The van der Waals surface area contributed by atoms with E-state index < -0.39 is 17.6 Å². The zero-order chi connectivity index (χ0) is 28.4. The third kappa shape index (κ3) is 5.81. The van der Waals surface area contributed by atoms with E-state index in [4.69, 9.17) is 27.9 Å². The summed E-state index contributed by atoms with van der Waals surface area (Å²) in [5.74, 6) is -2.02. The Balaban J connectivity index is 1.59. The van der Waals surface area contributed by atoms with Crippen LogP contribution in [0, 0.1) is 17.6 Å². The van der Waals surface area contributed by atoms with Crippen LogP contribution in [0.5, 0.6) is 0 Å². The molecule has 1 saturated heterocycles. The standard InChI is InChI=1S/C32H30Cl2F3NO2/c1-40-32(39)22-7-9-24-20(15-22)4-2-5-26(25-11-8-23(33)16-28(25)34)29(24)27-10-6-21(30(36)31(27)37)14-19-17-38(18-19)13-3-12-35/h6-11,15-16,19H,2-5,12-14,17-18H2,1H3. The average molecular weight is 588 g/mol. The molecule has 1 fully saturated rings. The predicted octanol–water partition coefficient (Wildman–Crippen LogP) is 8.19. The zero-order valence-electron chi connectivity index (χ0n) is 22.2. The molecular formula is C32H30Cl2F3NO2. The van der Waals surface area contributed by atoms with Gasteiger partial charge in [-0.25, -0.2) is 13.6 Å². The highest BCUT2D eigenvalue weighted by Crippen LogP contribution is 2.43. The van der Waals surface area contributed by atoms with Crippen LogP contribution in [0.4, 0.5) is 13.2 Å². The molecular weight excluding hydrogens is 558 g/mol. The molecule has 0 bridgehead atoms. The number of benzene rings is 3. The third-order valence-corrected chi connectivity index (χ3v) is 8.36. The fourth-order valence-corrected chi connectivity index (χ4v) is 6.39. The number of alkyl halides is 1. The summed E-state index contributed by atoms with van der Waals surface area (Å²) in [7, 11) is 1.32. The summed E-state index contributed by atoms with van der Waals surface area (Å²) in [4.78, 5) is 14.4. The van der Waals surface area contributed by atoms with Gasteiger partial charge in [0.15, 0.2) is 11.6 Å². The summed E-state index contributed by atoms with van der Waals surface area (Å²) in [6.07, 6.45) is 2.84. The summed E-state index contributed by atoms with van der Waals surface area (Å²) in [6, 6.07) is 13.7. The van der Waals surface area contributed by atoms with E-state index in [0.717, 1.165) is 36.2 Å². The SMILES string of the molecule is COC(=O)c1ccc2c(c1)CCCC(c1ccc(Cl)cc1Cl)=C2c1ccc(CC2CN(CCCF)C2)c(F)c1F. The highest BCUT2D eigenvalue weighted by atomic mass is 35.5. The first kappa shape index (κ1) is 28.7. The number of nitrogens with zero attached hydrogens (tertiary/aromatic N) is 1. The number of rotatable bonds is 8. The normalized spacial score (nSPS) is 15.9. The number of carbonyl (C=O) groups is 1. The van der Waals surface area contributed by atoms with Gasteiger partial charge < -0.3 is 9.64 Å². The minimum Gasteiger partial charge on any atom is -0.465 e. The van der Waals surface area contributed by atoms with Crippen LogP contribution in [0.3, 0.4) is 0 Å². The van der Waals surface area contributed by atoms with Gasteiger partial charge >= 0.3 is 5.97 Å². The number of hydrogen-bond acceptors (Lipinski definition) is 3. The Bertz CT molecular complexity index is 1470. The van der Waals surface area contributed by atoms with Gasteiger partial charge in [0.05, 0.1) is 19.3 Å². The van der Waals surface area contributed by atoms with Crippen molar-refractivity contribution in [2.24, 2.45) is 5.92 Å². The maximum atomic E-state index is 16.0. The van der Waals surface area contributed by atoms with Gasteiger partial charge in [0, 0.05) is 35.2 Å². The van der Waals surface area contributed by atoms with Gasteiger partial charge in [-0.05, 0) is 95.7 Å². The van der Waals surface area contributed by atoms with Crippen LogP contribution >= 0.6 is 23.2 Å². The van der Waals surface area contributed by atoms with E-state index in [1.807, 2.05) is 6.07 Å². The van der Waals surface area contributed by atoms with Crippen LogP contribution in [-0.2, 0) is 17.6 Å². The fourth-order valence-electron chi connectivity index (χ4n) is 5.87. The molecule has 0 atom stereocenters. The molecule has 0 saturated carbocycles. The summed E-state index contributed by atoms with van der Waals surface area (Å²) < 4.78 is 49.0. The zero-order valence-corrected chi connectivity index (χ0v) is 23.7. The quantitative estimate of drug-likeness (QED) is 0.249. The molecule has 3 aromatic carbocycles. The highest BCUT2D eigenvalue weighted by Gasteiger charge is 2.30. The van der Waals surface area contributed by atoms with Crippen molar-refractivity contribution in [3.8, 4) is 0 Å². The first-order chi connectivity index (χ1) is 19.3. The predicted molar refractivity (Wildman–Crippen MR) is 154 cm³/mol. The number of aryl methyl sites for hydroxylation is 1. The molecule has 1 aliphatic carbocycles. The molecule has 1 heterocycles. The topological polar surface area (TPSA) is 29.5 Å². The molecule has 3 aromatic rings. The number of likely N-dealkylation sites (tertiary alicyclic amines) is 1. The van der Waals surface area contributed by atoms with E-state index in [-0.39, 0.29) is 18.2 Å². The minimum atomic E-state index is -0.909. The van der Waals surface area contributed by atoms with Crippen LogP contribution in [0.15, 0.2) is 48.5 Å². The molecule has 8 heteroatoms. The number of ether oxygens (including phenoxy) is 1. The molecule has 0 amide bonds. The van der Waals surface area contributed by atoms with Crippen LogP contribution in [0.2, 0.25) is 10.0 Å². The van der Waals surface area contributed by atoms with E-state index in [1.165, 1.54) is 7.11 Å². The maximum absolute atomic E-state index is 16.0. The number of fused-ring (bicyclic) bond motifs is 1. The van der Waals surface area contributed by atoms with Crippen molar-refractivity contribution in [1.29, 1.82) is 0 Å². The van der Waals surface area contributed by atoms with Gasteiger partial charge in [0.1, 0.15) is 0 Å². The summed E-state index contributed by atoms with van der Waals surface area (Å²) in [6.45, 7) is 1.84. The number of carbonyl (C=O) groups excluding carboxylic acids is 1. The Morgan fingerprint density at radius 3 is 2.45 bits per heavy atom. The Hall–Kier alpha value is -2.80. The number of methoxy groups -OCH3 is 1. The lowest BCUT2D eigenvalue weighted by molar-refractivity contribution is 0.0600. The second kappa shape index (κ2) is 12.4. The Morgan fingerprint density at radius 2 is 1.73 bits per heavy atom. The van der Waals surface area contributed by atoms with Crippen LogP contribution in [-0.4, -0.2) is 44.3 Å². The molecule has 0 N–H and O–H groups in total. The van der Waals surface area contributed by atoms with Gasteiger partial charge in [-0.2, -0.15) is 0 Å². The van der Waals surface area contributed by atoms with Gasteiger partial charge in [-0.3, -0.25) is 4.39 Å². The van der Waals surface area contributed by atoms with Crippen molar-refractivity contribution in [3.63, 3.8) is 0 Å². The molecule has 5 rings (SSSR count). The van der Waals surface area contributed by atoms with Crippen molar-refractivity contribution in [1.82, 2.24) is 4.90 Å². The second-order valence-electron chi connectivity index (χ2n) is 10.5. The van der Waals surface area contributed by atoms with Gasteiger partial charge in [0.2, 0.25) is 0 Å². The van der Waals surface area contributed by atoms with Crippen molar-refractivity contribution in [3.05, 3.63) is 104 Å². The molecule has 2 aliphatic rings. The first-order valence-electron chi connectivity index (χ1n) is 13.5. The molecule has 40 heavy (non-hydrogen) atoms. The molecule has 0 radical (unpaired) electrons. The fraction of sp³-hybridized carbons (Fsp3) is 0.344. The van der Waals surface area contributed by atoms with E-state index in [0.29, 0.717) is 64.5 Å². The Kier molecular flexibility index (Phi) is 8.89. The minimum absolute atomic E-state index is 0.148. The van der Waals surface area contributed by atoms with E-state index >= 15 is 8.78 Å². The summed E-state index contributed by atoms with van der Waals surface area (Å²) in [5, 5.41) is 0.905. The van der Waals surface area contributed by atoms with Crippen LogP contribution in [0.1, 0.15) is 57.4 Å². The monoisotopic (exact) mass is 587 g/mol. The van der Waals surface area contributed by atoms with E-state index in [9.17, 15) is 9.18 Å². The lowest BCUT2D eigenvalue weighted by atomic mass is 9.85. The van der Waals surface area contributed by atoms with Crippen LogP contribution in [0.25, 0.3) is 11.1 Å². The number of hydrogen-bond donors (Lipinski definition) is 0.